The molecule has 1 aliphatic carbocycles. The number of rotatable bonds is 4. The largest absolute Gasteiger partial charge is 0.343 e. The molecule has 7 nitrogen and oxygen atoms in total. The number of halogens is 3. The first-order chi connectivity index (χ1) is 20.3. The van der Waals surface area contributed by atoms with Crippen LogP contribution in [0, 0.1) is 11.8 Å². The number of aryl methyl sites for hydroxylation is 2. The molecule has 0 bridgehead atoms. The molecule has 0 radical (unpaired) electrons. The van der Waals surface area contributed by atoms with E-state index in [4.69, 9.17) is 16.6 Å². The minimum absolute atomic E-state index is 0.146. The van der Waals surface area contributed by atoms with Crippen molar-refractivity contribution >= 4 is 55.3 Å². The van der Waals surface area contributed by atoms with Crippen LogP contribution in [0.4, 0.5) is 0 Å². The van der Waals surface area contributed by atoms with Crippen LogP contribution >= 0.6 is 43.5 Å². The number of hydrogen-bond donors (Lipinski definition) is 1. The summed E-state index contributed by atoms with van der Waals surface area (Å²) in [7, 11) is 0. The second-order valence-electron chi connectivity index (χ2n) is 11.7. The highest BCUT2D eigenvalue weighted by Crippen LogP contribution is 2.46. The van der Waals surface area contributed by atoms with Crippen LogP contribution in [0.25, 0.3) is 0 Å². The molecule has 0 unspecified atom stereocenters. The van der Waals surface area contributed by atoms with Gasteiger partial charge in [-0.05, 0) is 113 Å². The van der Waals surface area contributed by atoms with Crippen molar-refractivity contribution in [2.24, 2.45) is 11.8 Å². The Morgan fingerprint density at radius 2 is 1.69 bits per heavy atom. The summed E-state index contributed by atoms with van der Waals surface area (Å²) >= 11 is 13.9. The summed E-state index contributed by atoms with van der Waals surface area (Å²) in [5, 5.41) is 0.740. The second kappa shape index (κ2) is 12.6. The molecule has 2 amide bonds. The van der Waals surface area contributed by atoms with Crippen LogP contribution < -0.4 is 5.56 Å². The van der Waals surface area contributed by atoms with E-state index in [1.54, 1.807) is 17.0 Å². The molecule has 220 valence electrons. The van der Waals surface area contributed by atoms with E-state index in [0.717, 1.165) is 71.3 Å². The van der Waals surface area contributed by atoms with E-state index in [1.807, 2.05) is 17.2 Å². The maximum Gasteiger partial charge on any atom is 0.260 e. The number of fused-ring (bicyclic) bond motifs is 2. The summed E-state index contributed by atoms with van der Waals surface area (Å²) in [6.07, 6.45) is 9.14. The molecule has 1 atom stereocenters. The Balaban J connectivity index is 1.09. The molecule has 1 aromatic carbocycles. The fourth-order valence-electron chi connectivity index (χ4n) is 6.99. The Morgan fingerprint density at radius 1 is 0.976 bits per heavy atom. The standard InChI is InChI=1S/C32H33Br2ClN4O3/c33-23-15-22-4-3-21-16-24(35)17-26(34)28(21)29(30(22)37-18-23)20-7-12-38(13-8-20)27(40)14-19-5-10-39(11-6-19)32(42)25-2-1-9-36-31(25)41/h1-2,9,15-20,29H,3-8,10-14H2,(H,36,41)/t29-/m1/s1. The third-order valence-electron chi connectivity index (χ3n) is 9.19. The molecule has 3 aliphatic rings. The van der Waals surface area contributed by atoms with Crippen LogP contribution in [0.2, 0.25) is 5.02 Å². The smallest absolute Gasteiger partial charge is 0.260 e. The molecule has 10 heteroatoms. The van der Waals surface area contributed by atoms with Crippen molar-refractivity contribution in [3.8, 4) is 0 Å². The predicted octanol–water partition coefficient (Wildman–Crippen LogP) is 6.36. The Hall–Kier alpha value is -2.49. The predicted molar refractivity (Wildman–Crippen MR) is 170 cm³/mol. The second-order valence-corrected chi connectivity index (χ2v) is 13.9. The molecule has 0 spiro atoms. The van der Waals surface area contributed by atoms with Gasteiger partial charge in [-0.15, -0.1) is 0 Å². The lowest BCUT2D eigenvalue weighted by Gasteiger charge is -2.38. The molecule has 1 N–H and O–H groups in total. The van der Waals surface area contributed by atoms with Crippen LogP contribution in [0.1, 0.15) is 70.8 Å². The molecule has 3 aromatic rings. The topological polar surface area (TPSA) is 86.4 Å². The average Bonchev–Trinajstić information content (AvgIpc) is 3.14. The first kappa shape index (κ1) is 29.6. The summed E-state index contributed by atoms with van der Waals surface area (Å²) < 4.78 is 2.03. The number of piperidine rings is 2. The number of aromatic nitrogens is 2. The third kappa shape index (κ3) is 6.10. The Bertz CT molecular complexity index is 1560. The van der Waals surface area contributed by atoms with Gasteiger partial charge in [-0.3, -0.25) is 19.4 Å². The van der Waals surface area contributed by atoms with Crippen LogP contribution in [-0.2, 0) is 17.6 Å². The number of likely N-dealkylation sites (tertiary alicyclic amines) is 2. The number of carbonyl (C=O) groups is 2. The number of benzene rings is 1. The van der Waals surface area contributed by atoms with Gasteiger partial charge in [-0.25, -0.2) is 0 Å². The van der Waals surface area contributed by atoms with E-state index in [0.29, 0.717) is 25.4 Å². The molecular formula is C32H33Br2ClN4O3. The van der Waals surface area contributed by atoms with Gasteiger partial charge >= 0.3 is 0 Å². The minimum atomic E-state index is -0.362. The molecule has 0 saturated carbocycles. The Morgan fingerprint density at radius 3 is 2.43 bits per heavy atom. The molecule has 2 aromatic heterocycles. The molecule has 2 aliphatic heterocycles. The minimum Gasteiger partial charge on any atom is -0.343 e. The molecule has 4 heterocycles. The summed E-state index contributed by atoms with van der Waals surface area (Å²) in [6, 6.07) is 9.53. The fourth-order valence-corrected chi connectivity index (χ4v) is 8.49. The zero-order valence-electron chi connectivity index (χ0n) is 23.3. The normalized spacial score (nSPS) is 19.6. The number of carbonyl (C=O) groups excluding carboxylic acids is 2. The van der Waals surface area contributed by atoms with Gasteiger partial charge in [0.2, 0.25) is 5.91 Å². The number of amides is 2. The van der Waals surface area contributed by atoms with Crippen LogP contribution in [-0.4, -0.2) is 57.8 Å². The number of hydrogen-bond acceptors (Lipinski definition) is 4. The highest BCUT2D eigenvalue weighted by molar-refractivity contribution is 9.10. The SMILES string of the molecule is O=C(CC1CCN(C(=O)c2ccc[nH]c2=O)CC1)N1CCC([C@H]2c3ncc(Br)cc3CCc3cc(Cl)cc(Br)c32)CC1. The molecule has 2 saturated heterocycles. The number of nitrogens with one attached hydrogen (secondary N) is 1. The van der Waals surface area contributed by atoms with E-state index < -0.39 is 0 Å². The maximum atomic E-state index is 13.4. The van der Waals surface area contributed by atoms with Gasteiger partial charge in [0.1, 0.15) is 5.56 Å². The summed E-state index contributed by atoms with van der Waals surface area (Å²) in [6.45, 7) is 2.60. The van der Waals surface area contributed by atoms with Crippen molar-refractivity contribution < 1.29 is 9.59 Å². The number of aromatic amines is 1. The first-order valence-corrected chi connectivity index (χ1v) is 16.6. The van der Waals surface area contributed by atoms with Crippen molar-refractivity contribution in [1.29, 1.82) is 0 Å². The van der Waals surface area contributed by atoms with Gasteiger partial charge in [0, 0.05) is 64.9 Å². The Labute approximate surface area is 267 Å². The molecule has 42 heavy (non-hydrogen) atoms. The summed E-state index contributed by atoms with van der Waals surface area (Å²) in [5.41, 5.74) is 4.79. The van der Waals surface area contributed by atoms with E-state index in [2.05, 4.69) is 49.0 Å². The monoisotopic (exact) mass is 714 g/mol. The van der Waals surface area contributed by atoms with Crippen molar-refractivity contribution in [3.05, 3.63) is 95.0 Å². The number of H-pyrrole nitrogens is 1. The molecule has 2 fully saturated rings. The van der Waals surface area contributed by atoms with Crippen LogP contribution in [0.3, 0.4) is 0 Å². The van der Waals surface area contributed by atoms with Crippen LogP contribution in [0.5, 0.6) is 0 Å². The van der Waals surface area contributed by atoms with E-state index in [1.165, 1.54) is 22.9 Å². The zero-order valence-corrected chi connectivity index (χ0v) is 27.2. The number of pyridine rings is 2. The van der Waals surface area contributed by atoms with E-state index in [-0.39, 0.29) is 34.8 Å². The Kier molecular flexibility index (Phi) is 8.89. The van der Waals surface area contributed by atoms with Gasteiger partial charge < -0.3 is 14.8 Å². The van der Waals surface area contributed by atoms with Gasteiger partial charge in [-0.2, -0.15) is 0 Å². The van der Waals surface area contributed by atoms with Gasteiger partial charge in [0.25, 0.3) is 11.5 Å². The van der Waals surface area contributed by atoms with Crippen molar-refractivity contribution in [1.82, 2.24) is 19.8 Å². The van der Waals surface area contributed by atoms with Gasteiger partial charge in [-0.1, -0.05) is 27.5 Å². The molecule has 6 rings (SSSR count). The van der Waals surface area contributed by atoms with Gasteiger partial charge in [0.05, 0.1) is 5.69 Å². The lowest BCUT2D eigenvalue weighted by molar-refractivity contribution is -0.134. The zero-order chi connectivity index (χ0) is 29.4. The van der Waals surface area contributed by atoms with E-state index in [9.17, 15) is 14.4 Å². The van der Waals surface area contributed by atoms with Crippen molar-refractivity contribution in [2.45, 2.75) is 50.9 Å². The summed E-state index contributed by atoms with van der Waals surface area (Å²) in [5.74, 6) is 0.729. The summed E-state index contributed by atoms with van der Waals surface area (Å²) in [4.78, 5) is 49.5. The lowest BCUT2D eigenvalue weighted by atomic mass is 9.76. The van der Waals surface area contributed by atoms with Crippen molar-refractivity contribution in [2.75, 3.05) is 26.2 Å². The maximum absolute atomic E-state index is 13.4. The van der Waals surface area contributed by atoms with Crippen LogP contribution in [0.15, 0.2) is 56.5 Å². The third-order valence-corrected chi connectivity index (χ3v) is 10.5. The quantitative estimate of drug-likeness (QED) is 0.341. The number of nitrogens with zero attached hydrogens (tertiary/aromatic N) is 3. The van der Waals surface area contributed by atoms with E-state index >= 15 is 0 Å². The lowest BCUT2D eigenvalue weighted by Crippen LogP contribution is -2.43. The van der Waals surface area contributed by atoms with Crippen molar-refractivity contribution in [3.63, 3.8) is 0 Å². The van der Waals surface area contributed by atoms with Gasteiger partial charge in [0.15, 0.2) is 0 Å². The first-order valence-electron chi connectivity index (χ1n) is 14.7. The fraction of sp³-hybridized carbons (Fsp3) is 0.438. The highest BCUT2D eigenvalue weighted by Gasteiger charge is 2.37. The highest BCUT2D eigenvalue weighted by atomic mass is 79.9. The molecular weight excluding hydrogens is 684 g/mol. The average molecular weight is 717 g/mol.